The summed E-state index contributed by atoms with van der Waals surface area (Å²) in [5, 5.41) is 5.74. The number of thiazole rings is 1. The second-order valence-electron chi connectivity index (χ2n) is 6.57. The highest BCUT2D eigenvalue weighted by Crippen LogP contribution is 2.24. The average Bonchev–Trinajstić information content (AvgIpc) is 3.35. The molecule has 0 spiro atoms. The van der Waals surface area contributed by atoms with E-state index in [4.69, 9.17) is 4.74 Å². The number of nitrogens with zero attached hydrogens (tertiary/aromatic N) is 3. The first kappa shape index (κ1) is 18.9. The van der Waals surface area contributed by atoms with Crippen molar-refractivity contribution in [2.45, 2.75) is 20.5 Å². The monoisotopic (exact) mass is 404 g/mol. The van der Waals surface area contributed by atoms with Crippen molar-refractivity contribution in [3.63, 3.8) is 0 Å². The number of ether oxygens (including phenoxy) is 1. The summed E-state index contributed by atoms with van der Waals surface area (Å²) in [5.41, 5.74) is 4.11. The molecule has 1 N–H and O–H groups in total. The molecule has 3 heterocycles. The van der Waals surface area contributed by atoms with Gasteiger partial charge in [-0.3, -0.25) is 14.3 Å². The minimum Gasteiger partial charge on any atom is -0.489 e. The highest BCUT2D eigenvalue weighted by molar-refractivity contribution is 7.12. The van der Waals surface area contributed by atoms with E-state index in [-0.39, 0.29) is 5.91 Å². The van der Waals surface area contributed by atoms with Gasteiger partial charge in [-0.15, -0.1) is 11.3 Å². The van der Waals surface area contributed by atoms with Gasteiger partial charge in [-0.05, 0) is 38.1 Å². The summed E-state index contributed by atoms with van der Waals surface area (Å²) in [7, 11) is 0. The summed E-state index contributed by atoms with van der Waals surface area (Å²) < 4.78 is 7.81. The van der Waals surface area contributed by atoms with Gasteiger partial charge in [0.05, 0.1) is 5.56 Å². The molecule has 146 valence electrons. The fourth-order valence-electron chi connectivity index (χ4n) is 3.13. The van der Waals surface area contributed by atoms with Crippen LogP contribution in [0, 0.1) is 13.8 Å². The third-order valence-electron chi connectivity index (χ3n) is 4.51. The number of aryl methyl sites for hydroxylation is 1. The van der Waals surface area contributed by atoms with Gasteiger partial charge >= 0.3 is 0 Å². The van der Waals surface area contributed by atoms with Gasteiger partial charge in [0.1, 0.15) is 12.4 Å². The SMILES string of the molecule is Cc1cc(C(=O)Nc2cccc(OCc3cccnc3)c2)c(C)n1-c1nccs1. The van der Waals surface area contributed by atoms with Crippen molar-refractivity contribution in [2.75, 3.05) is 5.32 Å². The summed E-state index contributed by atoms with van der Waals surface area (Å²) >= 11 is 1.54. The molecular weight excluding hydrogens is 384 g/mol. The van der Waals surface area contributed by atoms with Crippen LogP contribution in [0.15, 0.2) is 66.4 Å². The number of amides is 1. The van der Waals surface area contributed by atoms with Crippen molar-refractivity contribution in [3.05, 3.63) is 88.9 Å². The van der Waals surface area contributed by atoms with Gasteiger partial charge in [0, 0.05) is 52.7 Å². The Balaban J connectivity index is 1.48. The van der Waals surface area contributed by atoms with E-state index >= 15 is 0 Å². The molecule has 0 bridgehead atoms. The van der Waals surface area contributed by atoms with E-state index in [9.17, 15) is 4.79 Å². The Morgan fingerprint density at radius 1 is 1.17 bits per heavy atom. The summed E-state index contributed by atoms with van der Waals surface area (Å²) in [6, 6.07) is 13.1. The normalized spacial score (nSPS) is 10.7. The molecule has 0 aliphatic carbocycles. The molecule has 0 unspecified atom stereocenters. The first-order chi connectivity index (χ1) is 14.1. The smallest absolute Gasteiger partial charge is 0.257 e. The lowest BCUT2D eigenvalue weighted by molar-refractivity contribution is 0.102. The molecule has 1 aromatic carbocycles. The zero-order valence-corrected chi connectivity index (χ0v) is 16.9. The minimum atomic E-state index is -0.162. The van der Waals surface area contributed by atoms with E-state index in [1.807, 2.05) is 66.3 Å². The summed E-state index contributed by atoms with van der Waals surface area (Å²) in [6.45, 7) is 4.31. The zero-order valence-electron chi connectivity index (χ0n) is 16.1. The molecule has 7 heteroatoms. The molecule has 29 heavy (non-hydrogen) atoms. The number of benzene rings is 1. The summed E-state index contributed by atoms with van der Waals surface area (Å²) in [5.74, 6) is 0.519. The van der Waals surface area contributed by atoms with Gasteiger partial charge in [0.25, 0.3) is 5.91 Å². The average molecular weight is 404 g/mol. The molecule has 3 aromatic heterocycles. The van der Waals surface area contributed by atoms with Crippen LogP contribution in [0.3, 0.4) is 0 Å². The van der Waals surface area contributed by atoms with Crippen molar-refractivity contribution < 1.29 is 9.53 Å². The Labute approximate surface area is 172 Å². The van der Waals surface area contributed by atoms with E-state index < -0.39 is 0 Å². The second-order valence-corrected chi connectivity index (χ2v) is 7.44. The lowest BCUT2D eigenvalue weighted by atomic mass is 10.2. The number of carbonyl (C=O) groups is 1. The number of nitrogens with one attached hydrogen (secondary N) is 1. The second kappa shape index (κ2) is 8.28. The predicted molar refractivity (Wildman–Crippen MR) is 114 cm³/mol. The van der Waals surface area contributed by atoms with Crippen molar-refractivity contribution in [2.24, 2.45) is 0 Å². The lowest BCUT2D eigenvalue weighted by Crippen LogP contribution is -2.13. The Kier molecular flexibility index (Phi) is 5.39. The third-order valence-corrected chi connectivity index (χ3v) is 5.26. The van der Waals surface area contributed by atoms with Crippen LogP contribution in [0.2, 0.25) is 0 Å². The van der Waals surface area contributed by atoms with Gasteiger partial charge in [-0.25, -0.2) is 4.98 Å². The van der Waals surface area contributed by atoms with Crippen LogP contribution in [-0.2, 0) is 6.61 Å². The Bertz CT molecular complexity index is 1120. The number of rotatable bonds is 6. The van der Waals surface area contributed by atoms with Crippen molar-refractivity contribution in [1.29, 1.82) is 0 Å². The number of hydrogen-bond donors (Lipinski definition) is 1. The first-order valence-electron chi connectivity index (χ1n) is 9.14. The molecular formula is C22H20N4O2S. The van der Waals surface area contributed by atoms with Gasteiger partial charge in [-0.1, -0.05) is 12.1 Å². The third kappa shape index (κ3) is 4.20. The van der Waals surface area contributed by atoms with Crippen molar-refractivity contribution in [3.8, 4) is 10.9 Å². The maximum atomic E-state index is 12.9. The van der Waals surface area contributed by atoms with Crippen molar-refractivity contribution in [1.82, 2.24) is 14.5 Å². The van der Waals surface area contributed by atoms with Crippen LogP contribution in [0.25, 0.3) is 5.13 Å². The highest BCUT2D eigenvalue weighted by Gasteiger charge is 2.18. The zero-order chi connectivity index (χ0) is 20.2. The van der Waals surface area contributed by atoms with E-state index in [0.717, 1.165) is 22.1 Å². The first-order valence-corrected chi connectivity index (χ1v) is 10.0. The van der Waals surface area contributed by atoms with Crippen molar-refractivity contribution >= 4 is 22.9 Å². The number of anilines is 1. The standard InChI is InChI=1S/C22H20N4O2S/c1-15-11-20(16(2)26(15)22-24-9-10-29-22)21(27)25-18-6-3-7-19(12-18)28-14-17-5-4-8-23-13-17/h3-13H,14H2,1-2H3,(H,25,27). The number of hydrogen-bond acceptors (Lipinski definition) is 5. The van der Waals surface area contributed by atoms with Crippen LogP contribution in [0.1, 0.15) is 27.3 Å². The maximum absolute atomic E-state index is 12.9. The predicted octanol–water partition coefficient (Wildman–Crippen LogP) is 4.78. The molecule has 0 aliphatic rings. The molecule has 0 fully saturated rings. The van der Waals surface area contributed by atoms with Gasteiger partial charge in [0.2, 0.25) is 0 Å². The van der Waals surface area contributed by atoms with Crippen LogP contribution < -0.4 is 10.1 Å². The number of pyridine rings is 1. The van der Waals surface area contributed by atoms with Gasteiger partial charge in [-0.2, -0.15) is 0 Å². The maximum Gasteiger partial charge on any atom is 0.257 e. The van der Waals surface area contributed by atoms with Gasteiger partial charge < -0.3 is 10.1 Å². The Hall–Kier alpha value is -3.45. The molecule has 4 aromatic rings. The van der Waals surface area contributed by atoms with Gasteiger partial charge in [0.15, 0.2) is 5.13 Å². The van der Waals surface area contributed by atoms with Crippen LogP contribution in [-0.4, -0.2) is 20.4 Å². The molecule has 6 nitrogen and oxygen atoms in total. The number of aromatic nitrogens is 3. The minimum absolute atomic E-state index is 0.162. The van der Waals surface area contributed by atoms with Crippen LogP contribution in [0.4, 0.5) is 5.69 Å². The fourth-order valence-corrected chi connectivity index (χ4v) is 3.88. The molecule has 4 rings (SSSR count). The Morgan fingerprint density at radius 2 is 2.07 bits per heavy atom. The van der Waals surface area contributed by atoms with E-state index in [0.29, 0.717) is 23.6 Å². The van der Waals surface area contributed by atoms with Crippen LogP contribution >= 0.6 is 11.3 Å². The molecule has 1 amide bonds. The van der Waals surface area contributed by atoms with E-state index in [1.54, 1.807) is 18.6 Å². The number of carbonyl (C=O) groups excluding carboxylic acids is 1. The van der Waals surface area contributed by atoms with Crippen LogP contribution in [0.5, 0.6) is 5.75 Å². The largest absolute Gasteiger partial charge is 0.489 e. The molecule has 0 saturated carbocycles. The Morgan fingerprint density at radius 3 is 2.83 bits per heavy atom. The highest BCUT2D eigenvalue weighted by atomic mass is 32.1. The van der Waals surface area contributed by atoms with E-state index in [2.05, 4.69) is 15.3 Å². The topological polar surface area (TPSA) is 69.0 Å². The quantitative estimate of drug-likeness (QED) is 0.502. The molecule has 0 aliphatic heterocycles. The molecule has 0 saturated heterocycles. The fraction of sp³-hybridized carbons (Fsp3) is 0.136. The van der Waals surface area contributed by atoms with E-state index in [1.165, 1.54) is 11.3 Å². The molecule has 0 atom stereocenters. The molecule has 0 radical (unpaired) electrons. The summed E-state index contributed by atoms with van der Waals surface area (Å²) in [4.78, 5) is 21.3. The summed E-state index contributed by atoms with van der Waals surface area (Å²) in [6.07, 6.45) is 5.25. The lowest BCUT2D eigenvalue weighted by Gasteiger charge is -2.10.